The van der Waals surface area contributed by atoms with E-state index >= 15 is 0 Å². The summed E-state index contributed by atoms with van der Waals surface area (Å²) < 4.78 is 3.37. The number of rotatable bonds is 5. The maximum Gasteiger partial charge on any atom is 0.328 e. The van der Waals surface area contributed by atoms with Crippen LogP contribution in [0, 0.1) is 0 Å². The molecule has 0 aliphatic heterocycles. The van der Waals surface area contributed by atoms with E-state index in [1.165, 1.54) is 37.9 Å². The van der Waals surface area contributed by atoms with Crippen molar-refractivity contribution in [3.8, 4) is 56.2 Å². The van der Waals surface area contributed by atoms with E-state index in [4.69, 9.17) is 9.97 Å². The van der Waals surface area contributed by atoms with Crippen LogP contribution in [0.2, 0.25) is 0 Å². The van der Waals surface area contributed by atoms with Crippen LogP contribution < -0.4 is 5.69 Å². The van der Waals surface area contributed by atoms with Crippen molar-refractivity contribution in [1.82, 2.24) is 19.1 Å². The van der Waals surface area contributed by atoms with Crippen LogP contribution in [0.4, 0.5) is 0 Å². The van der Waals surface area contributed by atoms with Gasteiger partial charge in [-0.25, -0.2) is 14.8 Å². The molecule has 8 aromatic carbocycles. The van der Waals surface area contributed by atoms with Crippen LogP contribution in [0.15, 0.2) is 175 Å². The van der Waals surface area contributed by atoms with Crippen molar-refractivity contribution in [2.75, 3.05) is 0 Å². The minimum atomic E-state index is -0.0302. The van der Waals surface area contributed by atoms with Gasteiger partial charge in [0.2, 0.25) is 0 Å². The van der Waals surface area contributed by atoms with Gasteiger partial charge < -0.3 is 0 Å². The first-order chi connectivity index (χ1) is 26.5. The predicted molar refractivity (Wildman–Crippen MR) is 223 cm³/mol. The number of aromatic nitrogens is 4. The molecular formula is C49H34N4O. The monoisotopic (exact) mass is 694 g/mol. The van der Waals surface area contributed by atoms with Gasteiger partial charge in [0.1, 0.15) is 0 Å². The maximum absolute atomic E-state index is 12.5. The Morgan fingerprint density at radius 2 is 0.870 bits per heavy atom. The normalized spacial score (nSPS) is 11.6. The fraction of sp³-hybridized carbons (Fsp3) is 0.0408. The molecule has 54 heavy (non-hydrogen) atoms. The Bertz CT molecular complexity index is 3120. The molecule has 0 N–H and O–H groups in total. The second-order valence-corrected chi connectivity index (χ2v) is 14.0. The van der Waals surface area contributed by atoms with Crippen molar-refractivity contribution in [3.05, 3.63) is 180 Å². The molecule has 0 bridgehead atoms. The summed E-state index contributed by atoms with van der Waals surface area (Å²) in [5.41, 5.74) is 11.0. The molecular weight excluding hydrogens is 661 g/mol. The smallest absolute Gasteiger partial charge is 0.295 e. The Morgan fingerprint density at radius 3 is 1.56 bits per heavy atom. The summed E-state index contributed by atoms with van der Waals surface area (Å²) in [5.74, 6) is 0.682. The minimum Gasteiger partial charge on any atom is -0.295 e. The third-order valence-corrected chi connectivity index (χ3v) is 10.8. The van der Waals surface area contributed by atoms with Gasteiger partial charge in [0.15, 0.2) is 5.82 Å². The molecule has 0 radical (unpaired) electrons. The number of fused-ring (bicyclic) bond motifs is 6. The maximum atomic E-state index is 12.5. The van der Waals surface area contributed by atoms with E-state index in [1.807, 2.05) is 43.4 Å². The summed E-state index contributed by atoms with van der Waals surface area (Å²) in [6.45, 7) is 0. The fourth-order valence-electron chi connectivity index (χ4n) is 7.82. The molecule has 0 saturated heterocycles. The zero-order valence-electron chi connectivity index (χ0n) is 29.9. The largest absolute Gasteiger partial charge is 0.328 e. The summed E-state index contributed by atoms with van der Waals surface area (Å²) in [5, 5.41) is 7.60. The second-order valence-electron chi connectivity index (χ2n) is 14.0. The SMILES string of the molecule is Cn1c(=O)n(C)c2cc(-c3ccc(-c4cc(-c5ccc(-c6ccc7c(ccc8c9ccccc9ccc78)c6)cc5)nc(-c5ccccc5)n4)cc3)ccc21. The average Bonchev–Trinajstić information content (AvgIpc) is 3.46. The van der Waals surface area contributed by atoms with Crippen molar-refractivity contribution in [2.45, 2.75) is 0 Å². The van der Waals surface area contributed by atoms with E-state index in [2.05, 4.69) is 133 Å². The van der Waals surface area contributed by atoms with Crippen LogP contribution >= 0.6 is 0 Å². The zero-order chi connectivity index (χ0) is 36.3. The fourth-order valence-corrected chi connectivity index (χ4v) is 7.82. The molecule has 5 nitrogen and oxygen atoms in total. The minimum absolute atomic E-state index is 0.0302. The molecule has 10 aromatic rings. The van der Waals surface area contributed by atoms with Crippen LogP contribution in [0.25, 0.3) is 99.5 Å². The first-order valence-corrected chi connectivity index (χ1v) is 18.1. The van der Waals surface area contributed by atoms with E-state index in [0.29, 0.717) is 5.82 Å². The summed E-state index contributed by atoms with van der Waals surface area (Å²) in [4.78, 5) is 22.6. The van der Waals surface area contributed by atoms with Gasteiger partial charge in [-0.05, 0) is 78.8 Å². The number of hydrogen-bond acceptors (Lipinski definition) is 3. The number of nitrogens with zero attached hydrogens (tertiary/aromatic N) is 4. The molecule has 0 unspecified atom stereocenters. The third kappa shape index (κ3) is 5.29. The van der Waals surface area contributed by atoms with E-state index in [0.717, 1.165) is 55.8 Å². The van der Waals surface area contributed by atoms with Gasteiger partial charge in [-0.1, -0.05) is 146 Å². The molecule has 2 aromatic heterocycles. The first kappa shape index (κ1) is 31.6. The van der Waals surface area contributed by atoms with E-state index in [1.54, 1.807) is 16.2 Å². The summed E-state index contributed by atoms with van der Waals surface area (Å²) in [6, 6.07) is 59.8. The van der Waals surface area contributed by atoms with Crippen molar-refractivity contribution >= 4 is 43.4 Å². The molecule has 0 amide bonds. The van der Waals surface area contributed by atoms with Crippen LogP contribution in [0.5, 0.6) is 0 Å². The Labute approximate surface area is 312 Å². The van der Waals surface area contributed by atoms with Gasteiger partial charge in [0, 0.05) is 30.8 Å². The molecule has 256 valence electrons. The number of aryl methyl sites for hydroxylation is 2. The average molecular weight is 695 g/mol. The predicted octanol–water partition coefficient (Wildman–Crippen LogP) is 11.5. The number of benzene rings is 8. The topological polar surface area (TPSA) is 52.7 Å². The van der Waals surface area contributed by atoms with Gasteiger partial charge in [0.25, 0.3) is 0 Å². The molecule has 0 atom stereocenters. The lowest BCUT2D eigenvalue weighted by Gasteiger charge is -2.11. The van der Waals surface area contributed by atoms with Crippen LogP contribution in [-0.2, 0) is 14.1 Å². The van der Waals surface area contributed by atoms with Gasteiger partial charge in [-0.2, -0.15) is 0 Å². The molecule has 0 saturated carbocycles. The number of imidazole rings is 1. The quantitative estimate of drug-likeness (QED) is 0.169. The molecule has 0 spiro atoms. The van der Waals surface area contributed by atoms with Gasteiger partial charge >= 0.3 is 5.69 Å². The Hall–Kier alpha value is -7.11. The molecule has 5 heteroatoms. The van der Waals surface area contributed by atoms with Gasteiger partial charge in [-0.15, -0.1) is 0 Å². The molecule has 0 aliphatic carbocycles. The van der Waals surface area contributed by atoms with Crippen molar-refractivity contribution in [2.24, 2.45) is 14.1 Å². The van der Waals surface area contributed by atoms with Gasteiger partial charge in [0.05, 0.1) is 22.4 Å². The van der Waals surface area contributed by atoms with Crippen molar-refractivity contribution in [3.63, 3.8) is 0 Å². The van der Waals surface area contributed by atoms with Crippen molar-refractivity contribution in [1.29, 1.82) is 0 Å². The molecule has 10 rings (SSSR count). The highest BCUT2D eigenvalue weighted by atomic mass is 16.1. The Balaban J connectivity index is 0.995. The standard InChI is InChI=1S/C49H34N4O/c1-52-46-27-23-38(29-47(46)53(2)49(52)54)32-14-18-35(19-15-32)45-30-44(50-48(51-45)36-9-4-3-5-10-36)34-16-12-31(13-17-34)37-21-24-41-39(28-37)22-26-42-40-11-7-6-8-33(40)20-25-43(41)42/h3-30H,1-2H3. The number of hydrogen-bond donors (Lipinski definition) is 0. The highest BCUT2D eigenvalue weighted by Gasteiger charge is 2.13. The van der Waals surface area contributed by atoms with E-state index < -0.39 is 0 Å². The first-order valence-electron chi connectivity index (χ1n) is 18.1. The van der Waals surface area contributed by atoms with E-state index in [9.17, 15) is 4.79 Å². The van der Waals surface area contributed by atoms with Crippen molar-refractivity contribution < 1.29 is 0 Å². The van der Waals surface area contributed by atoms with Gasteiger partial charge in [-0.3, -0.25) is 9.13 Å². The summed E-state index contributed by atoms with van der Waals surface area (Å²) in [7, 11) is 3.62. The lowest BCUT2D eigenvalue weighted by molar-refractivity contribution is 0.795. The second kappa shape index (κ2) is 12.5. The van der Waals surface area contributed by atoms with Crippen LogP contribution in [-0.4, -0.2) is 19.1 Å². The molecule has 0 aliphatic rings. The highest BCUT2D eigenvalue weighted by molar-refractivity contribution is 6.17. The molecule has 0 fully saturated rings. The highest BCUT2D eigenvalue weighted by Crippen LogP contribution is 2.35. The third-order valence-electron chi connectivity index (χ3n) is 10.8. The van der Waals surface area contributed by atoms with Crippen LogP contribution in [0.1, 0.15) is 0 Å². The summed E-state index contributed by atoms with van der Waals surface area (Å²) >= 11 is 0. The lowest BCUT2D eigenvalue weighted by atomic mass is 9.94. The van der Waals surface area contributed by atoms with Crippen LogP contribution in [0.3, 0.4) is 0 Å². The lowest BCUT2D eigenvalue weighted by Crippen LogP contribution is -2.19. The molecule has 2 heterocycles. The Morgan fingerprint density at radius 1 is 0.370 bits per heavy atom. The Kier molecular flexibility index (Phi) is 7.34. The summed E-state index contributed by atoms with van der Waals surface area (Å²) in [6.07, 6.45) is 0. The zero-order valence-corrected chi connectivity index (χ0v) is 29.9. The van der Waals surface area contributed by atoms with E-state index in [-0.39, 0.29) is 5.69 Å².